The molecule has 16 heavy (non-hydrogen) atoms. The maximum Gasteiger partial charge on any atom is 0.308 e. The van der Waals surface area contributed by atoms with Crippen LogP contribution in [0.3, 0.4) is 0 Å². The zero-order chi connectivity index (χ0) is 12.7. The molecule has 0 saturated carbocycles. The molecule has 0 fully saturated rings. The lowest BCUT2D eigenvalue weighted by Gasteiger charge is -2.17. The molecule has 5 nitrogen and oxygen atoms in total. The lowest BCUT2D eigenvalue weighted by molar-refractivity contribution is -0.142. The smallest absolute Gasteiger partial charge is 0.308 e. The van der Waals surface area contributed by atoms with Crippen molar-refractivity contribution in [3.63, 3.8) is 0 Å². The summed E-state index contributed by atoms with van der Waals surface area (Å²) >= 11 is 0. The van der Waals surface area contributed by atoms with Crippen molar-refractivity contribution in [2.24, 2.45) is 11.7 Å². The number of aliphatic carboxylic acids is 1. The van der Waals surface area contributed by atoms with Gasteiger partial charge in [0.1, 0.15) is 0 Å². The van der Waals surface area contributed by atoms with Gasteiger partial charge in [-0.3, -0.25) is 9.59 Å². The Bertz CT molecular complexity index is 241. The van der Waals surface area contributed by atoms with E-state index in [2.05, 4.69) is 5.32 Å². The largest absolute Gasteiger partial charge is 0.481 e. The van der Waals surface area contributed by atoms with Crippen LogP contribution in [0.2, 0.25) is 0 Å². The quantitative estimate of drug-likeness (QED) is 0.601. The van der Waals surface area contributed by atoms with Crippen molar-refractivity contribution in [2.75, 3.05) is 0 Å². The number of nitrogens with one attached hydrogen (secondary N) is 1. The molecule has 0 heterocycles. The first-order valence-corrected chi connectivity index (χ1v) is 5.62. The predicted octanol–water partition coefficient (Wildman–Crippen LogP) is 0.729. The summed E-state index contributed by atoms with van der Waals surface area (Å²) in [5.74, 6) is -1.58. The summed E-state index contributed by atoms with van der Waals surface area (Å²) < 4.78 is 0. The average molecular weight is 230 g/mol. The molecule has 0 aromatic carbocycles. The van der Waals surface area contributed by atoms with E-state index in [0.29, 0.717) is 6.42 Å². The van der Waals surface area contributed by atoms with Gasteiger partial charge in [-0.1, -0.05) is 0 Å². The second kappa shape index (κ2) is 7.22. The minimum Gasteiger partial charge on any atom is -0.481 e. The van der Waals surface area contributed by atoms with E-state index < -0.39 is 11.9 Å². The number of carboxylic acid groups (broad SMARTS) is 1. The van der Waals surface area contributed by atoms with Gasteiger partial charge in [0, 0.05) is 18.5 Å². The third kappa shape index (κ3) is 6.40. The molecular weight excluding hydrogens is 208 g/mol. The van der Waals surface area contributed by atoms with Crippen molar-refractivity contribution < 1.29 is 14.7 Å². The van der Waals surface area contributed by atoms with Gasteiger partial charge in [-0.05, 0) is 33.6 Å². The molecule has 1 amide bonds. The Morgan fingerprint density at radius 1 is 1.31 bits per heavy atom. The Kier molecular flexibility index (Phi) is 6.72. The van der Waals surface area contributed by atoms with Gasteiger partial charge in [0.2, 0.25) is 5.91 Å². The lowest BCUT2D eigenvalue weighted by Crippen LogP contribution is -2.40. The molecule has 0 aromatic rings. The van der Waals surface area contributed by atoms with Crippen molar-refractivity contribution in [3.8, 4) is 0 Å². The van der Waals surface area contributed by atoms with Crippen LogP contribution in [-0.4, -0.2) is 29.1 Å². The molecule has 0 radical (unpaired) electrons. The van der Waals surface area contributed by atoms with E-state index in [4.69, 9.17) is 10.8 Å². The van der Waals surface area contributed by atoms with E-state index in [1.54, 1.807) is 13.8 Å². The molecule has 0 aliphatic rings. The molecular formula is C11H22N2O3. The first-order chi connectivity index (χ1) is 7.34. The summed E-state index contributed by atoms with van der Waals surface area (Å²) in [5, 5.41) is 11.4. The summed E-state index contributed by atoms with van der Waals surface area (Å²) in [6.45, 7) is 5.17. The van der Waals surface area contributed by atoms with Crippen LogP contribution in [0, 0.1) is 5.92 Å². The summed E-state index contributed by atoms with van der Waals surface area (Å²) in [4.78, 5) is 22.1. The molecule has 94 valence electrons. The number of carboxylic acids is 1. The first kappa shape index (κ1) is 14.9. The van der Waals surface area contributed by atoms with E-state index in [0.717, 1.165) is 12.8 Å². The highest BCUT2D eigenvalue weighted by Gasteiger charge is 2.20. The SMILES string of the molecule is CC(N)CCCC(=O)NC(C)C(C)C(=O)O. The third-order valence-corrected chi connectivity index (χ3v) is 2.59. The molecule has 0 rings (SSSR count). The first-order valence-electron chi connectivity index (χ1n) is 5.62. The van der Waals surface area contributed by atoms with Crippen LogP contribution in [0.25, 0.3) is 0 Å². The normalized spacial score (nSPS) is 16.2. The number of hydrogen-bond acceptors (Lipinski definition) is 3. The fourth-order valence-corrected chi connectivity index (χ4v) is 1.25. The highest BCUT2D eigenvalue weighted by Crippen LogP contribution is 2.04. The van der Waals surface area contributed by atoms with Crippen molar-refractivity contribution in [2.45, 2.75) is 52.1 Å². The van der Waals surface area contributed by atoms with Gasteiger partial charge in [0.25, 0.3) is 0 Å². The highest BCUT2D eigenvalue weighted by atomic mass is 16.4. The Balaban J connectivity index is 3.82. The van der Waals surface area contributed by atoms with Crippen LogP contribution >= 0.6 is 0 Å². The Morgan fingerprint density at radius 2 is 1.88 bits per heavy atom. The topological polar surface area (TPSA) is 92.4 Å². The standard InChI is InChI=1S/C11H22N2O3/c1-7(12)5-4-6-10(14)13-9(3)8(2)11(15)16/h7-9H,4-6,12H2,1-3H3,(H,13,14)(H,15,16). The van der Waals surface area contributed by atoms with Crippen molar-refractivity contribution >= 4 is 11.9 Å². The fourth-order valence-electron chi connectivity index (χ4n) is 1.25. The molecule has 0 spiro atoms. The number of carbonyl (C=O) groups excluding carboxylic acids is 1. The zero-order valence-electron chi connectivity index (χ0n) is 10.2. The van der Waals surface area contributed by atoms with Crippen molar-refractivity contribution in [1.29, 1.82) is 0 Å². The van der Waals surface area contributed by atoms with E-state index in [-0.39, 0.29) is 18.0 Å². The van der Waals surface area contributed by atoms with Crippen LogP contribution in [0.15, 0.2) is 0 Å². The lowest BCUT2D eigenvalue weighted by atomic mass is 10.0. The number of hydrogen-bond donors (Lipinski definition) is 3. The minimum absolute atomic E-state index is 0.100. The molecule has 0 bridgehead atoms. The predicted molar refractivity (Wildman–Crippen MR) is 61.9 cm³/mol. The van der Waals surface area contributed by atoms with Gasteiger partial charge in [0.05, 0.1) is 5.92 Å². The highest BCUT2D eigenvalue weighted by molar-refractivity contribution is 5.77. The van der Waals surface area contributed by atoms with E-state index >= 15 is 0 Å². The summed E-state index contributed by atoms with van der Waals surface area (Å²) in [6.07, 6.45) is 1.94. The minimum atomic E-state index is -0.900. The van der Waals surface area contributed by atoms with Gasteiger partial charge in [-0.2, -0.15) is 0 Å². The number of nitrogens with two attached hydrogens (primary N) is 1. The van der Waals surface area contributed by atoms with Crippen LogP contribution in [0.1, 0.15) is 40.0 Å². The molecule has 4 N–H and O–H groups in total. The third-order valence-electron chi connectivity index (χ3n) is 2.59. The Morgan fingerprint density at radius 3 is 2.31 bits per heavy atom. The van der Waals surface area contributed by atoms with Gasteiger partial charge >= 0.3 is 5.97 Å². The average Bonchev–Trinajstić information content (AvgIpc) is 2.15. The van der Waals surface area contributed by atoms with Crippen LogP contribution in [0.5, 0.6) is 0 Å². The molecule has 3 unspecified atom stereocenters. The summed E-state index contributed by atoms with van der Waals surface area (Å²) in [7, 11) is 0. The molecule has 3 atom stereocenters. The fraction of sp³-hybridized carbons (Fsp3) is 0.818. The second-order valence-electron chi connectivity index (χ2n) is 4.35. The van der Waals surface area contributed by atoms with E-state index in [1.807, 2.05) is 6.92 Å². The molecule has 0 saturated heterocycles. The maximum absolute atomic E-state index is 11.4. The summed E-state index contributed by atoms with van der Waals surface area (Å²) in [6, 6.07) is -0.247. The molecule has 5 heteroatoms. The summed E-state index contributed by atoms with van der Waals surface area (Å²) in [5.41, 5.74) is 5.56. The van der Waals surface area contributed by atoms with Crippen molar-refractivity contribution in [1.82, 2.24) is 5.32 Å². The number of rotatable bonds is 7. The number of carbonyl (C=O) groups is 2. The Hall–Kier alpha value is -1.10. The van der Waals surface area contributed by atoms with Crippen LogP contribution in [0.4, 0.5) is 0 Å². The monoisotopic (exact) mass is 230 g/mol. The van der Waals surface area contributed by atoms with Gasteiger partial charge in [0.15, 0.2) is 0 Å². The van der Waals surface area contributed by atoms with E-state index in [9.17, 15) is 9.59 Å². The number of amides is 1. The second-order valence-corrected chi connectivity index (χ2v) is 4.35. The van der Waals surface area contributed by atoms with E-state index in [1.165, 1.54) is 0 Å². The van der Waals surface area contributed by atoms with Gasteiger partial charge in [-0.25, -0.2) is 0 Å². The molecule has 0 aromatic heterocycles. The Labute approximate surface area is 96.4 Å². The maximum atomic E-state index is 11.4. The zero-order valence-corrected chi connectivity index (χ0v) is 10.2. The van der Waals surface area contributed by atoms with Crippen LogP contribution < -0.4 is 11.1 Å². The van der Waals surface area contributed by atoms with Crippen molar-refractivity contribution in [3.05, 3.63) is 0 Å². The molecule has 0 aliphatic heterocycles. The van der Waals surface area contributed by atoms with Gasteiger partial charge in [-0.15, -0.1) is 0 Å². The molecule has 0 aliphatic carbocycles. The van der Waals surface area contributed by atoms with Crippen LogP contribution in [-0.2, 0) is 9.59 Å². The van der Waals surface area contributed by atoms with Gasteiger partial charge < -0.3 is 16.2 Å².